The molecule has 0 amide bonds. The lowest BCUT2D eigenvalue weighted by atomic mass is 10.2. The molecule has 0 heterocycles. The summed E-state index contributed by atoms with van der Waals surface area (Å²) in [5.41, 5.74) is 0. The molecule has 0 N–H and O–H groups in total. The van der Waals surface area contributed by atoms with E-state index in [2.05, 4.69) is 48.6 Å². The first-order valence-electron chi connectivity index (χ1n) is 5.02. The Morgan fingerprint density at radius 2 is 1.38 bits per heavy atom. The smallest absolute Gasteiger partial charge is 0.00979 e. The normalized spacial score (nSPS) is 28.9. The monoisotopic (exact) mass is 173 g/mol. The van der Waals surface area contributed by atoms with Crippen molar-refractivity contribution in [2.24, 2.45) is 0 Å². The summed E-state index contributed by atoms with van der Waals surface area (Å²) < 4.78 is 0. The third-order valence-electron chi connectivity index (χ3n) is 1.91. The molecule has 0 aromatic carbocycles. The molecule has 0 bridgehead atoms. The number of rotatable bonds is 0. The van der Waals surface area contributed by atoms with Crippen LogP contribution < -0.4 is 0 Å². The zero-order chi connectivity index (χ0) is 9.19. The minimum absolute atomic E-state index is 0.966. The second-order valence-corrected chi connectivity index (χ2v) is 3.09. The Morgan fingerprint density at radius 1 is 0.692 bits per heavy atom. The zero-order valence-corrected chi connectivity index (χ0v) is 8.08. The lowest BCUT2D eigenvalue weighted by Gasteiger charge is -1.84. The molecule has 0 fully saturated rings. The summed E-state index contributed by atoms with van der Waals surface area (Å²) in [6.07, 6.45) is 24.0. The molecule has 0 saturated carbocycles. The Kier molecular flexibility index (Phi) is 5.87. The topological polar surface area (TPSA) is 0 Å². The van der Waals surface area contributed by atoms with Crippen molar-refractivity contribution in [1.82, 2.24) is 0 Å². The van der Waals surface area contributed by atoms with E-state index >= 15 is 0 Å². The molecule has 0 nitrogen and oxygen atoms in total. The van der Waals surface area contributed by atoms with Gasteiger partial charge in [0.15, 0.2) is 0 Å². The van der Waals surface area contributed by atoms with Crippen molar-refractivity contribution in [1.29, 1.82) is 0 Å². The van der Waals surface area contributed by atoms with Crippen molar-refractivity contribution in [3.8, 4) is 0 Å². The average Bonchev–Trinajstić information content (AvgIpc) is 2.18. The predicted molar refractivity (Wildman–Crippen MR) is 58.3 cm³/mol. The summed E-state index contributed by atoms with van der Waals surface area (Å²) in [6, 6.07) is 0. The van der Waals surface area contributed by atoms with E-state index < -0.39 is 0 Å². The second-order valence-electron chi connectivity index (χ2n) is 3.09. The molecule has 0 aromatic rings. The van der Waals surface area contributed by atoms with Crippen LogP contribution in [0.4, 0.5) is 0 Å². The van der Waals surface area contributed by atoms with Crippen molar-refractivity contribution >= 4 is 0 Å². The standard InChI is InChI=1S/C13H17/c1-2-4-6-8-10-12-13-11-9-7-5-3-1/h1-4,9-11H,5-8,13H2/b3-1-,4-2+,11-9+,12-10?. The minimum Gasteiger partial charge on any atom is -0.0879 e. The zero-order valence-electron chi connectivity index (χ0n) is 8.08. The minimum atomic E-state index is 0.966. The fourth-order valence-corrected chi connectivity index (χ4v) is 1.18. The van der Waals surface area contributed by atoms with Crippen LogP contribution in [0, 0.1) is 6.08 Å². The fourth-order valence-electron chi connectivity index (χ4n) is 1.18. The molecule has 0 heteroatoms. The van der Waals surface area contributed by atoms with E-state index in [4.69, 9.17) is 0 Å². The van der Waals surface area contributed by atoms with Crippen LogP contribution in [0.15, 0.2) is 42.5 Å². The van der Waals surface area contributed by atoms with Crippen LogP contribution in [0.5, 0.6) is 0 Å². The molecule has 1 radical (unpaired) electrons. The van der Waals surface area contributed by atoms with Crippen LogP contribution in [0.25, 0.3) is 0 Å². The first kappa shape index (κ1) is 10.0. The highest BCUT2D eigenvalue weighted by molar-refractivity contribution is 5.04. The van der Waals surface area contributed by atoms with Gasteiger partial charge in [0.1, 0.15) is 0 Å². The molecule has 0 aromatic heterocycles. The lowest BCUT2D eigenvalue weighted by Crippen LogP contribution is -1.65. The molecule has 0 spiro atoms. The maximum absolute atomic E-state index is 3.26. The molecule has 1 aliphatic rings. The van der Waals surface area contributed by atoms with Gasteiger partial charge in [0.2, 0.25) is 0 Å². The van der Waals surface area contributed by atoms with E-state index in [1.165, 1.54) is 0 Å². The second kappa shape index (κ2) is 7.60. The predicted octanol–water partition coefficient (Wildman–Crippen LogP) is 3.98. The van der Waals surface area contributed by atoms with Gasteiger partial charge in [-0.3, -0.25) is 0 Å². The Bertz CT molecular complexity index is 192. The van der Waals surface area contributed by atoms with E-state index in [9.17, 15) is 0 Å². The highest BCUT2D eigenvalue weighted by atomic mass is 13.9. The van der Waals surface area contributed by atoms with Crippen LogP contribution in [-0.4, -0.2) is 0 Å². The Morgan fingerprint density at radius 3 is 2.23 bits per heavy atom. The van der Waals surface area contributed by atoms with Gasteiger partial charge in [-0.05, 0) is 38.2 Å². The van der Waals surface area contributed by atoms with E-state index in [0.29, 0.717) is 0 Å². The van der Waals surface area contributed by atoms with Crippen LogP contribution in [0.3, 0.4) is 0 Å². The lowest BCUT2D eigenvalue weighted by molar-refractivity contribution is 1.03. The summed E-state index contributed by atoms with van der Waals surface area (Å²) >= 11 is 0. The van der Waals surface area contributed by atoms with E-state index in [1.807, 2.05) is 0 Å². The van der Waals surface area contributed by atoms with E-state index in [0.717, 1.165) is 32.1 Å². The van der Waals surface area contributed by atoms with Crippen LogP contribution in [0.2, 0.25) is 0 Å². The van der Waals surface area contributed by atoms with Gasteiger partial charge in [-0.15, -0.1) is 0 Å². The molecule has 0 unspecified atom stereocenters. The van der Waals surface area contributed by atoms with Crippen molar-refractivity contribution in [3.63, 3.8) is 0 Å². The highest BCUT2D eigenvalue weighted by Gasteiger charge is 1.79. The number of hydrogen-bond acceptors (Lipinski definition) is 0. The molecule has 69 valence electrons. The van der Waals surface area contributed by atoms with Crippen molar-refractivity contribution in [3.05, 3.63) is 48.6 Å². The summed E-state index contributed by atoms with van der Waals surface area (Å²) in [6.45, 7) is 0. The van der Waals surface area contributed by atoms with E-state index in [-0.39, 0.29) is 0 Å². The van der Waals surface area contributed by atoms with Crippen LogP contribution >= 0.6 is 0 Å². The van der Waals surface area contributed by atoms with Gasteiger partial charge in [0.05, 0.1) is 0 Å². The third-order valence-corrected chi connectivity index (χ3v) is 1.91. The quantitative estimate of drug-likeness (QED) is 0.486. The van der Waals surface area contributed by atoms with Gasteiger partial charge >= 0.3 is 0 Å². The maximum Gasteiger partial charge on any atom is -0.00979 e. The maximum atomic E-state index is 3.26. The largest absolute Gasteiger partial charge is 0.0879 e. The van der Waals surface area contributed by atoms with Gasteiger partial charge < -0.3 is 0 Å². The molecule has 13 heavy (non-hydrogen) atoms. The fraction of sp³-hybridized carbons (Fsp3) is 0.385. The summed E-state index contributed by atoms with van der Waals surface area (Å²) in [4.78, 5) is 0. The highest BCUT2D eigenvalue weighted by Crippen LogP contribution is 1.99. The van der Waals surface area contributed by atoms with Crippen molar-refractivity contribution < 1.29 is 0 Å². The molecule has 0 saturated heterocycles. The molecule has 0 atom stereocenters. The van der Waals surface area contributed by atoms with Crippen LogP contribution in [0.1, 0.15) is 32.1 Å². The number of hydrogen-bond donors (Lipinski definition) is 0. The molecule has 1 aliphatic carbocycles. The average molecular weight is 173 g/mol. The van der Waals surface area contributed by atoms with Crippen molar-refractivity contribution in [2.45, 2.75) is 32.1 Å². The Labute approximate surface area is 81.4 Å². The first-order valence-corrected chi connectivity index (χ1v) is 5.02. The van der Waals surface area contributed by atoms with E-state index in [1.54, 1.807) is 0 Å². The van der Waals surface area contributed by atoms with Gasteiger partial charge in [-0.25, -0.2) is 0 Å². The summed E-state index contributed by atoms with van der Waals surface area (Å²) in [5.74, 6) is 0. The molecule has 0 aliphatic heterocycles. The van der Waals surface area contributed by atoms with Gasteiger partial charge in [0, 0.05) is 0 Å². The molecular formula is C13H17. The number of allylic oxidation sites excluding steroid dienone is 8. The van der Waals surface area contributed by atoms with Gasteiger partial charge in [-0.2, -0.15) is 0 Å². The van der Waals surface area contributed by atoms with Gasteiger partial charge in [0.25, 0.3) is 0 Å². The van der Waals surface area contributed by atoms with Crippen LogP contribution in [-0.2, 0) is 0 Å². The molecular weight excluding hydrogens is 156 g/mol. The Balaban J connectivity index is 2.38. The SMILES string of the molecule is [C]1=C/CC/C=C/C=C\CC/C=C/C/1. The third kappa shape index (κ3) is 6.15. The summed E-state index contributed by atoms with van der Waals surface area (Å²) in [5, 5.41) is 0. The summed E-state index contributed by atoms with van der Waals surface area (Å²) in [7, 11) is 0. The first-order chi connectivity index (χ1) is 6.50. The van der Waals surface area contributed by atoms with Gasteiger partial charge in [-0.1, -0.05) is 42.5 Å². The Hall–Kier alpha value is -1.04. The van der Waals surface area contributed by atoms with Crippen molar-refractivity contribution in [2.75, 3.05) is 0 Å². The molecule has 1 rings (SSSR count).